The Bertz CT molecular complexity index is 1020. The van der Waals surface area contributed by atoms with Crippen molar-refractivity contribution >= 4 is 17.9 Å². The molecule has 0 spiro atoms. The van der Waals surface area contributed by atoms with Crippen LogP contribution in [0.3, 0.4) is 0 Å². The number of esters is 2. The highest BCUT2D eigenvalue weighted by atomic mass is 16.6. The average Bonchev–Trinajstić information content (AvgIpc) is 3.08. The van der Waals surface area contributed by atoms with E-state index in [9.17, 15) is 19.5 Å². The third-order valence-corrected chi connectivity index (χ3v) is 8.48. The first-order chi connectivity index (χ1) is 24.6. The van der Waals surface area contributed by atoms with Crippen LogP contribution in [0.1, 0.15) is 142 Å². The van der Waals surface area contributed by atoms with Crippen LogP contribution in [0.25, 0.3) is 0 Å². The minimum atomic E-state index is -1.14. The van der Waals surface area contributed by atoms with Crippen LogP contribution in [-0.4, -0.2) is 75.5 Å². The largest absolute Gasteiger partial charge is 0.544 e. The van der Waals surface area contributed by atoms with E-state index in [-0.39, 0.29) is 49.1 Å². The highest BCUT2D eigenvalue weighted by molar-refractivity contribution is 5.70. The van der Waals surface area contributed by atoms with E-state index < -0.39 is 18.1 Å². The van der Waals surface area contributed by atoms with Gasteiger partial charge >= 0.3 is 11.9 Å². The summed E-state index contributed by atoms with van der Waals surface area (Å²) in [6.45, 7) is 4.43. The van der Waals surface area contributed by atoms with Crippen molar-refractivity contribution < 1.29 is 38.2 Å². The minimum Gasteiger partial charge on any atom is -0.544 e. The molecule has 0 radical (unpaired) electrons. The number of carbonyl (C=O) groups is 3. The Morgan fingerprint density at radius 1 is 0.608 bits per heavy atom. The van der Waals surface area contributed by atoms with E-state index in [1.807, 2.05) is 36.5 Å². The smallest absolute Gasteiger partial charge is 0.306 e. The first-order valence-electron chi connectivity index (χ1n) is 19.9. The van der Waals surface area contributed by atoms with E-state index >= 15 is 0 Å². The summed E-state index contributed by atoms with van der Waals surface area (Å²) in [6.07, 6.45) is 39.6. The number of carboxylic acid groups (broad SMARTS) is 1. The molecule has 51 heavy (non-hydrogen) atoms. The molecule has 0 aromatic rings. The Hall–Kier alpha value is -2.97. The van der Waals surface area contributed by atoms with Crippen LogP contribution in [-0.2, 0) is 28.6 Å². The SMILES string of the molecule is CC/C=C/C=C/C=C/C=C/CCCCCC(=O)OCC(COCCC(C(=O)[O-])[N+](C)(C)C)OC(=O)CCCCC/C=C/CCCCCCCCC. The minimum absolute atomic E-state index is 0.0193. The van der Waals surface area contributed by atoms with Crippen molar-refractivity contribution in [3.63, 3.8) is 0 Å². The molecule has 0 bridgehead atoms. The third kappa shape index (κ3) is 32.7. The molecular formula is C43H73NO7. The average molecular weight is 716 g/mol. The number of likely N-dealkylation sites (N-methyl/N-ethyl adjacent to an activating group) is 1. The molecule has 8 heteroatoms. The van der Waals surface area contributed by atoms with Crippen molar-refractivity contribution in [1.82, 2.24) is 0 Å². The van der Waals surface area contributed by atoms with E-state index in [0.29, 0.717) is 6.42 Å². The number of carboxylic acids is 1. The summed E-state index contributed by atoms with van der Waals surface area (Å²) >= 11 is 0. The number of rotatable bonds is 34. The van der Waals surface area contributed by atoms with Crippen LogP contribution in [0, 0.1) is 0 Å². The lowest BCUT2D eigenvalue weighted by atomic mass is 10.1. The van der Waals surface area contributed by atoms with E-state index in [1.165, 1.54) is 44.9 Å². The molecule has 292 valence electrons. The number of hydrogen-bond donors (Lipinski definition) is 0. The van der Waals surface area contributed by atoms with E-state index in [4.69, 9.17) is 14.2 Å². The van der Waals surface area contributed by atoms with Gasteiger partial charge in [0.1, 0.15) is 12.6 Å². The summed E-state index contributed by atoms with van der Waals surface area (Å²) in [5.74, 6) is -1.82. The molecule has 0 N–H and O–H groups in total. The molecule has 0 saturated heterocycles. The topological polar surface area (TPSA) is 102 Å². The Morgan fingerprint density at radius 2 is 1.12 bits per heavy atom. The predicted octanol–water partition coefficient (Wildman–Crippen LogP) is 8.91. The maximum Gasteiger partial charge on any atom is 0.306 e. The predicted molar refractivity (Wildman–Crippen MR) is 208 cm³/mol. The fourth-order valence-corrected chi connectivity index (χ4v) is 5.37. The molecule has 0 aromatic heterocycles. The molecule has 0 amide bonds. The Kier molecular flexibility index (Phi) is 32.1. The zero-order valence-corrected chi connectivity index (χ0v) is 33.0. The van der Waals surface area contributed by atoms with E-state index in [1.54, 1.807) is 21.1 Å². The molecule has 0 heterocycles. The zero-order valence-electron chi connectivity index (χ0n) is 33.0. The first-order valence-corrected chi connectivity index (χ1v) is 19.9. The molecule has 0 rings (SSSR count). The molecule has 2 atom stereocenters. The normalized spacial score (nSPS) is 13.7. The van der Waals surface area contributed by atoms with Gasteiger partial charge in [0.25, 0.3) is 0 Å². The molecule has 2 unspecified atom stereocenters. The van der Waals surface area contributed by atoms with Gasteiger partial charge in [-0.25, -0.2) is 0 Å². The quantitative estimate of drug-likeness (QED) is 0.0216. The number of aliphatic carboxylic acids is 1. The highest BCUT2D eigenvalue weighted by Crippen LogP contribution is 2.12. The van der Waals surface area contributed by atoms with Crippen molar-refractivity contribution in [2.45, 2.75) is 154 Å². The number of unbranched alkanes of at least 4 members (excludes halogenated alkanes) is 13. The molecule has 0 saturated carbocycles. The lowest BCUT2D eigenvalue weighted by Crippen LogP contribution is -2.55. The van der Waals surface area contributed by atoms with Gasteiger partial charge in [0.15, 0.2) is 6.10 Å². The van der Waals surface area contributed by atoms with Crippen LogP contribution in [0.5, 0.6) is 0 Å². The van der Waals surface area contributed by atoms with Crippen LogP contribution in [0.4, 0.5) is 0 Å². The fourth-order valence-electron chi connectivity index (χ4n) is 5.37. The number of quaternary nitrogens is 1. The van der Waals surface area contributed by atoms with Crippen LogP contribution < -0.4 is 5.11 Å². The molecule has 0 aliphatic rings. The van der Waals surface area contributed by atoms with Gasteiger partial charge in [-0.3, -0.25) is 9.59 Å². The van der Waals surface area contributed by atoms with Crippen molar-refractivity contribution in [3.8, 4) is 0 Å². The first kappa shape index (κ1) is 48.0. The monoisotopic (exact) mass is 716 g/mol. The number of hydrogen-bond acceptors (Lipinski definition) is 7. The van der Waals surface area contributed by atoms with Crippen molar-refractivity contribution in [1.29, 1.82) is 0 Å². The zero-order chi connectivity index (χ0) is 37.8. The second-order valence-electron chi connectivity index (χ2n) is 14.2. The molecule has 0 aliphatic carbocycles. The van der Waals surface area contributed by atoms with Gasteiger partial charge in [-0.05, 0) is 57.8 Å². The summed E-state index contributed by atoms with van der Waals surface area (Å²) in [6, 6.07) is -0.735. The summed E-state index contributed by atoms with van der Waals surface area (Å²) in [5, 5.41) is 11.6. The summed E-state index contributed by atoms with van der Waals surface area (Å²) in [7, 11) is 5.37. The van der Waals surface area contributed by atoms with Gasteiger partial charge in [-0.15, -0.1) is 0 Å². The summed E-state index contributed by atoms with van der Waals surface area (Å²) < 4.78 is 17.0. The summed E-state index contributed by atoms with van der Waals surface area (Å²) in [4.78, 5) is 36.7. The highest BCUT2D eigenvalue weighted by Gasteiger charge is 2.25. The van der Waals surface area contributed by atoms with Crippen LogP contribution in [0.2, 0.25) is 0 Å². The second-order valence-corrected chi connectivity index (χ2v) is 14.2. The number of nitrogens with zero attached hydrogens (tertiary/aromatic N) is 1. The number of ether oxygens (including phenoxy) is 3. The fraction of sp³-hybridized carbons (Fsp3) is 0.698. The van der Waals surface area contributed by atoms with Gasteiger partial charge in [0, 0.05) is 19.3 Å². The standard InChI is InChI=1S/C43H73NO7/c1-6-8-10-12-14-16-18-20-22-24-26-28-30-32-34-42(46)51-39(37-49-36-35-40(43(47)48)44(3,4)5)38-50-41(45)33-31-29-27-25-23-21-19-17-15-13-11-9-7-2/h9,11,13,15,17,19,21-24,39-40H,6-8,10,12,14,16,18,20,25-38H2,1-5H3/b11-9+,15-13+,19-17+,23-21+,24-22+. The maximum atomic E-state index is 12.7. The van der Waals surface area contributed by atoms with Crippen LogP contribution in [0.15, 0.2) is 60.8 Å². The second kappa shape index (κ2) is 34.1. The summed E-state index contributed by atoms with van der Waals surface area (Å²) in [5.41, 5.74) is 0. The Morgan fingerprint density at radius 3 is 1.69 bits per heavy atom. The lowest BCUT2D eigenvalue weighted by Gasteiger charge is -2.34. The van der Waals surface area contributed by atoms with E-state index in [2.05, 4.69) is 38.2 Å². The van der Waals surface area contributed by atoms with Gasteiger partial charge in [-0.1, -0.05) is 126 Å². The van der Waals surface area contributed by atoms with Crippen molar-refractivity contribution in [2.75, 3.05) is 41.0 Å². The van der Waals surface area contributed by atoms with Gasteiger partial charge in [0.05, 0.1) is 40.3 Å². The number of allylic oxidation sites excluding steroid dienone is 10. The van der Waals surface area contributed by atoms with Gasteiger partial charge in [0.2, 0.25) is 0 Å². The molecular weight excluding hydrogens is 642 g/mol. The van der Waals surface area contributed by atoms with Gasteiger partial charge < -0.3 is 28.6 Å². The number of carbonyl (C=O) groups excluding carboxylic acids is 3. The van der Waals surface area contributed by atoms with Crippen molar-refractivity contribution in [3.05, 3.63) is 60.8 Å². The molecule has 8 nitrogen and oxygen atoms in total. The lowest BCUT2D eigenvalue weighted by molar-refractivity contribution is -0.889. The van der Waals surface area contributed by atoms with Crippen LogP contribution >= 0.6 is 0 Å². The Labute approximate surface area is 311 Å². The molecule has 0 aromatic carbocycles. The van der Waals surface area contributed by atoms with Gasteiger partial charge in [-0.2, -0.15) is 0 Å². The Balaban J connectivity index is 4.51. The van der Waals surface area contributed by atoms with Crippen molar-refractivity contribution in [2.24, 2.45) is 0 Å². The molecule has 0 fully saturated rings. The van der Waals surface area contributed by atoms with E-state index in [0.717, 1.165) is 64.2 Å². The molecule has 0 aliphatic heterocycles. The third-order valence-electron chi connectivity index (χ3n) is 8.48. The maximum absolute atomic E-state index is 12.7.